The van der Waals surface area contributed by atoms with Crippen LogP contribution in [0.4, 0.5) is 0 Å². The Morgan fingerprint density at radius 3 is 1.09 bits per heavy atom. The highest BCUT2D eigenvalue weighted by Gasteiger charge is 2.37. The van der Waals surface area contributed by atoms with Crippen molar-refractivity contribution in [3.8, 4) is 0 Å². The second-order valence-corrected chi connectivity index (χ2v) is 16.7. The molecule has 2 amide bonds. The van der Waals surface area contributed by atoms with Crippen molar-refractivity contribution in [1.82, 2.24) is 9.80 Å². The van der Waals surface area contributed by atoms with Gasteiger partial charge in [0.25, 0.3) is 20.2 Å². The quantitative estimate of drug-likeness (QED) is 0.145. The Balaban J connectivity index is 0.000000518. The summed E-state index contributed by atoms with van der Waals surface area (Å²) in [4.78, 5) is 27.4. The number of hydrogen-bond donors (Lipinski definition) is 0. The van der Waals surface area contributed by atoms with E-state index >= 15 is 0 Å². The molecule has 4 atom stereocenters. The van der Waals surface area contributed by atoms with Gasteiger partial charge in [-0.15, -0.1) is 0 Å². The smallest absolute Gasteiger partial charge is 0.296 e. The zero-order valence-electron chi connectivity index (χ0n) is 33.9. The van der Waals surface area contributed by atoms with E-state index in [1.165, 1.54) is 13.8 Å². The van der Waals surface area contributed by atoms with E-state index in [1.54, 1.807) is 58.3 Å². The molecule has 6 rings (SSSR count). The van der Waals surface area contributed by atoms with E-state index in [-0.39, 0.29) is 73.3 Å². The number of likely N-dealkylation sites (tertiary alicyclic amines) is 2. The monoisotopic (exact) mass is 838 g/mol. The average Bonchev–Trinajstić information content (AvgIpc) is 3.85. The first-order valence-corrected chi connectivity index (χ1v) is 22.1. The zero-order valence-corrected chi connectivity index (χ0v) is 35.6. The molecule has 0 N–H and O–H groups in total. The van der Waals surface area contributed by atoms with Gasteiger partial charge in [0.15, 0.2) is 0 Å². The predicted molar refractivity (Wildman–Crippen MR) is 235 cm³/mol. The van der Waals surface area contributed by atoms with Gasteiger partial charge in [0.1, 0.15) is 0 Å². The van der Waals surface area contributed by atoms with Gasteiger partial charge < -0.3 is 9.80 Å². The van der Waals surface area contributed by atoms with Crippen LogP contribution in [0.15, 0.2) is 119 Å². The van der Waals surface area contributed by atoms with Crippen molar-refractivity contribution in [2.45, 2.75) is 91.9 Å². The second kappa shape index (κ2) is 24.5. The van der Waals surface area contributed by atoms with Crippen molar-refractivity contribution < 1.29 is 34.8 Å². The standard InChI is InChI=1S/2C20H23NO4S.2C2H6.2CH4/c2*1-15-8-10-19(11-9-15)26(23,24)25-14-18-12-21(16(2)22)13-20(18)17-6-4-3-5-7-17;2*1-2;;/h2*3-11,18,20H,12-14H2,1-2H3;2*1-2H3;2*1H4. The minimum Gasteiger partial charge on any atom is -0.342 e. The first-order chi connectivity index (χ1) is 26.7. The van der Waals surface area contributed by atoms with Crippen LogP contribution in [0, 0.1) is 25.7 Å². The normalized spacial score (nSPS) is 18.4. The summed E-state index contributed by atoms with van der Waals surface area (Å²) < 4.78 is 60.5. The van der Waals surface area contributed by atoms with E-state index in [2.05, 4.69) is 0 Å². The summed E-state index contributed by atoms with van der Waals surface area (Å²) in [5, 5.41) is 0. The summed E-state index contributed by atoms with van der Waals surface area (Å²) in [5.41, 5.74) is 4.16. The Hall–Kier alpha value is -4.36. The molecular formula is C46H66N2O8S2. The second-order valence-electron chi connectivity index (χ2n) is 13.5. The third kappa shape index (κ3) is 14.5. The number of hydrogen-bond acceptors (Lipinski definition) is 8. The number of carbonyl (C=O) groups excluding carboxylic acids is 2. The fourth-order valence-corrected chi connectivity index (χ4v) is 8.57. The lowest BCUT2D eigenvalue weighted by molar-refractivity contribution is -0.128. The van der Waals surface area contributed by atoms with Crippen LogP contribution in [0.25, 0.3) is 0 Å². The van der Waals surface area contributed by atoms with Gasteiger partial charge in [-0.2, -0.15) is 16.8 Å². The van der Waals surface area contributed by atoms with Crippen LogP contribution in [0.1, 0.15) is 90.5 Å². The van der Waals surface area contributed by atoms with Crippen molar-refractivity contribution in [3.63, 3.8) is 0 Å². The molecule has 0 aromatic heterocycles. The van der Waals surface area contributed by atoms with Crippen molar-refractivity contribution in [2.75, 3.05) is 39.4 Å². The third-order valence-electron chi connectivity index (χ3n) is 9.72. The molecule has 2 fully saturated rings. The molecule has 0 bridgehead atoms. The maximum atomic E-state index is 12.5. The molecular weight excluding hydrogens is 773 g/mol. The lowest BCUT2D eigenvalue weighted by Gasteiger charge is -2.18. The average molecular weight is 839 g/mol. The summed E-state index contributed by atoms with van der Waals surface area (Å²) in [6.45, 7) is 17.1. The lowest BCUT2D eigenvalue weighted by Crippen LogP contribution is -2.26. The molecule has 58 heavy (non-hydrogen) atoms. The van der Waals surface area contributed by atoms with Crippen LogP contribution in [0.3, 0.4) is 0 Å². The van der Waals surface area contributed by atoms with Gasteiger partial charge in [-0.05, 0) is 49.2 Å². The molecule has 0 saturated carbocycles. The third-order valence-corrected chi connectivity index (χ3v) is 12.3. The van der Waals surface area contributed by atoms with Gasteiger partial charge >= 0.3 is 0 Å². The summed E-state index contributed by atoms with van der Waals surface area (Å²) in [5.74, 6) is -0.0191. The van der Waals surface area contributed by atoms with Crippen molar-refractivity contribution in [2.24, 2.45) is 11.8 Å². The van der Waals surface area contributed by atoms with Crippen molar-refractivity contribution >= 4 is 32.1 Å². The van der Waals surface area contributed by atoms with Crippen LogP contribution in [-0.2, 0) is 38.2 Å². The Bertz CT molecular complexity index is 1880. The number of nitrogens with zero attached hydrogens (tertiary/aromatic N) is 2. The minimum absolute atomic E-state index is 0. The minimum atomic E-state index is -3.81. The highest BCUT2D eigenvalue weighted by atomic mass is 32.2. The number of amides is 2. The van der Waals surface area contributed by atoms with Gasteiger partial charge in [0, 0.05) is 63.7 Å². The van der Waals surface area contributed by atoms with Crippen LogP contribution in [0.2, 0.25) is 0 Å². The SMILES string of the molecule is C.C.CC.CC.CC(=O)N1CC(COS(=O)(=O)c2ccc(C)cc2)C(c2ccccc2)C1.CC(=O)N1CC(COS(=O)(=O)c2ccc(C)cc2)C(c2ccccc2)C1. The van der Waals surface area contributed by atoms with E-state index in [4.69, 9.17) is 8.37 Å². The molecule has 4 unspecified atom stereocenters. The van der Waals surface area contributed by atoms with Crippen LogP contribution < -0.4 is 0 Å². The Morgan fingerprint density at radius 2 is 0.810 bits per heavy atom. The number of carbonyl (C=O) groups is 2. The highest BCUT2D eigenvalue weighted by molar-refractivity contribution is 7.87. The van der Waals surface area contributed by atoms with E-state index in [0.29, 0.717) is 26.2 Å². The van der Waals surface area contributed by atoms with E-state index in [0.717, 1.165) is 22.3 Å². The van der Waals surface area contributed by atoms with Gasteiger partial charge in [-0.1, -0.05) is 139 Å². The van der Waals surface area contributed by atoms with Gasteiger partial charge in [-0.25, -0.2) is 0 Å². The Kier molecular flexibility index (Phi) is 21.9. The predicted octanol–water partition coefficient (Wildman–Crippen LogP) is 9.25. The van der Waals surface area contributed by atoms with E-state index in [9.17, 15) is 26.4 Å². The summed E-state index contributed by atoms with van der Waals surface area (Å²) in [7, 11) is -7.62. The molecule has 0 aliphatic carbocycles. The Morgan fingerprint density at radius 1 is 0.517 bits per heavy atom. The first kappa shape index (κ1) is 51.7. The van der Waals surface area contributed by atoms with Crippen LogP contribution >= 0.6 is 0 Å². The summed E-state index contributed by atoms with van der Waals surface area (Å²) in [6.07, 6.45) is 0. The topological polar surface area (TPSA) is 127 Å². The molecule has 10 nitrogen and oxygen atoms in total. The molecule has 0 radical (unpaired) electrons. The fraction of sp³-hybridized carbons (Fsp3) is 0.435. The highest BCUT2D eigenvalue weighted by Crippen LogP contribution is 2.35. The van der Waals surface area contributed by atoms with Crippen LogP contribution in [-0.4, -0.2) is 77.8 Å². The van der Waals surface area contributed by atoms with Gasteiger partial charge in [-0.3, -0.25) is 18.0 Å². The molecule has 320 valence electrons. The van der Waals surface area contributed by atoms with Gasteiger partial charge in [0.2, 0.25) is 11.8 Å². The first-order valence-electron chi connectivity index (χ1n) is 19.3. The molecule has 12 heteroatoms. The maximum absolute atomic E-state index is 12.5. The largest absolute Gasteiger partial charge is 0.342 e. The molecule has 2 aliphatic rings. The van der Waals surface area contributed by atoms with Crippen LogP contribution in [0.5, 0.6) is 0 Å². The molecule has 2 heterocycles. The van der Waals surface area contributed by atoms with Crippen molar-refractivity contribution in [3.05, 3.63) is 131 Å². The van der Waals surface area contributed by atoms with E-state index < -0.39 is 20.2 Å². The summed E-state index contributed by atoms with van der Waals surface area (Å²) in [6, 6.07) is 32.9. The molecule has 0 spiro atoms. The summed E-state index contributed by atoms with van der Waals surface area (Å²) >= 11 is 0. The lowest BCUT2D eigenvalue weighted by atomic mass is 9.90. The fourth-order valence-electron chi connectivity index (χ4n) is 6.65. The molecule has 2 aliphatic heterocycles. The molecule has 4 aromatic carbocycles. The zero-order chi connectivity index (χ0) is 41.5. The van der Waals surface area contributed by atoms with Crippen molar-refractivity contribution in [1.29, 1.82) is 0 Å². The maximum Gasteiger partial charge on any atom is 0.296 e. The molecule has 4 aromatic rings. The van der Waals surface area contributed by atoms with E-state index in [1.807, 2.05) is 102 Å². The number of aryl methyl sites for hydroxylation is 2. The van der Waals surface area contributed by atoms with Gasteiger partial charge in [0.05, 0.1) is 23.0 Å². The molecule has 2 saturated heterocycles. The Labute approximate surface area is 349 Å². The number of rotatable bonds is 10. The number of benzene rings is 4.